The first kappa shape index (κ1) is 7.36. The van der Waals surface area contributed by atoms with Gasteiger partial charge in [0.1, 0.15) is 0 Å². The van der Waals surface area contributed by atoms with Gasteiger partial charge in [-0.1, -0.05) is 6.42 Å². The SMILES string of the molecule is ClCCCNC1CCC1. The molecular weight excluding hydrogens is 134 g/mol. The van der Waals surface area contributed by atoms with Gasteiger partial charge in [-0.25, -0.2) is 0 Å². The average Bonchev–Trinajstić information content (AvgIpc) is 1.76. The molecule has 1 saturated carbocycles. The largest absolute Gasteiger partial charge is 0.314 e. The number of nitrogens with one attached hydrogen (secondary N) is 1. The van der Waals surface area contributed by atoms with E-state index in [0.29, 0.717) is 0 Å². The molecule has 0 aliphatic heterocycles. The normalized spacial score (nSPS) is 19.7. The number of alkyl halides is 1. The summed E-state index contributed by atoms with van der Waals surface area (Å²) in [7, 11) is 0. The van der Waals surface area contributed by atoms with Crippen molar-refractivity contribution < 1.29 is 0 Å². The fourth-order valence-corrected chi connectivity index (χ4v) is 1.12. The lowest BCUT2D eigenvalue weighted by Gasteiger charge is -2.26. The van der Waals surface area contributed by atoms with Crippen LogP contribution in [-0.4, -0.2) is 18.5 Å². The van der Waals surface area contributed by atoms with E-state index in [1.54, 1.807) is 0 Å². The van der Waals surface area contributed by atoms with Gasteiger partial charge in [0.25, 0.3) is 0 Å². The summed E-state index contributed by atoms with van der Waals surface area (Å²) < 4.78 is 0. The van der Waals surface area contributed by atoms with Crippen LogP contribution in [0.1, 0.15) is 25.7 Å². The molecule has 1 nitrogen and oxygen atoms in total. The van der Waals surface area contributed by atoms with E-state index in [0.717, 1.165) is 24.9 Å². The summed E-state index contributed by atoms with van der Waals surface area (Å²) in [5.74, 6) is 0.791. The molecule has 0 aromatic carbocycles. The molecule has 54 valence electrons. The fourth-order valence-electron chi connectivity index (χ4n) is 0.985. The van der Waals surface area contributed by atoms with Crippen LogP contribution in [0.5, 0.6) is 0 Å². The summed E-state index contributed by atoms with van der Waals surface area (Å²) >= 11 is 5.51. The van der Waals surface area contributed by atoms with Crippen LogP contribution in [0, 0.1) is 0 Å². The first-order valence-electron chi connectivity index (χ1n) is 3.73. The molecule has 1 aliphatic rings. The van der Waals surface area contributed by atoms with Crippen LogP contribution >= 0.6 is 11.6 Å². The van der Waals surface area contributed by atoms with Crippen molar-refractivity contribution in [1.82, 2.24) is 5.32 Å². The Hall–Kier alpha value is 0.250. The van der Waals surface area contributed by atoms with Gasteiger partial charge in [-0.2, -0.15) is 0 Å². The molecule has 0 aromatic rings. The third-order valence-electron chi connectivity index (χ3n) is 1.85. The Morgan fingerprint density at radius 1 is 1.44 bits per heavy atom. The van der Waals surface area contributed by atoms with E-state index < -0.39 is 0 Å². The van der Waals surface area contributed by atoms with E-state index in [1.807, 2.05) is 0 Å². The maximum Gasteiger partial charge on any atom is 0.0235 e. The molecule has 0 heterocycles. The van der Waals surface area contributed by atoms with Crippen molar-refractivity contribution in [3.8, 4) is 0 Å². The van der Waals surface area contributed by atoms with E-state index in [1.165, 1.54) is 19.3 Å². The van der Waals surface area contributed by atoms with Crippen molar-refractivity contribution in [1.29, 1.82) is 0 Å². The Labute approximate surface area is 61.8 Å². The molecule has 0 atom stereocenters. The quantitative estimate of drug-likeness (QED) is 0.472. The minimum atomic E-state index is 0.791. The second kappa shape index (κ2) is 4.13. The van der Waals surface area contributed by atoms with Crippen LogP contribution in [0.4, 0.5) is 0 Å². The minimum absolute atomic E-state index is 0.791. The molecule has 0 aromatic heterocycles. The van der Waals surface area contributed by atoms with E-state index in [2.05, 4.69) is 5.32 Å². The lowest BCUT2D eigenvalue weighted by molar-refractivity contribution is 0.341. The van der Waals surface area contributed by atoms with Crippen molar-refractivity contribution in [2.45, 2.75) is 31.7 Å². The van der Waals surface area contributed by atoms with Crippen molar-refractivity contribution in [2.75, 3.05) is 12.4 Å². The van der Waals surface area contributed by atoms with Crippen LogP contribution in [0.25, 0.3) is 0 Å². The lowest BCUT2D eigenvalue weighted by Crippen LogP contribution is -2.35. The maximum atomic E-state index is 5.51. The van der Waals surface area contributed by atoms with Gasteiger partial charge in [-0.3, -0.25) is 0 Å². The topological polar surface area (TPSA) is 12.0 Å². The first-order chi connectivity index (χ1) is 4.43. The van der Waals surface area contributed by atoms with Crippen molar-refractivity contribution in [3.63, 3.8) is 0 Å². The summed E-state index contributed by atoms with van der Waals surface area (Å²) in [6.45, 7) is 1.11. The highest BCUT2D eigenvalue weighted by atomic mass is 35.5. The van der Waals surface area contributed by atoms with Crippen LogP contribution in [0.3, 0.4) is 0 Å². The minimum Gasteiger partial charge on any atom is -0.314 e. The molecule has 1 N–H and O–H groups in total. The summed E-state index contributed by atoms with van der Waals surface area (Å²) in [6, 6.07) is 0.827. The van der Waals surface area contributed by atoms with Gasteiger partial charge in [0.05, 0.1) is 0 Å². The van der Waals surface area contributed by atoms with Crippen molar-refractivity contribution in [3.05, 3.63) is 0 Å². The fraction of sp³-hybridized carbons (Fsp3) is 1.00. The van der Waals surface area contributed by atoms with Gasteiger partial charge in [0, 0.05) is 11.9 Å². The molecule has 9 heavy (non-hydrogen) atoms. The van der Waals surface area contributed by atoms with Gasteiger partial charge in [0.2, 0.25) is 0 Å². The molecule has 2 heteroatoms. The highest BCUT2D eigenvalue weighted by Gasteiger charge is 2.15. The number of hydrogen-bond donors (Lipinski definition) is 1. The van der Waals surface area contributed by atoms with Gasteiger partial charge in [-0.05, 0) is 25.8 Å². The molecule has 0 bridgehead atoms. The maximum absolute atomic E-state index is 5.51. The molecular formula is C7H14ClN. The molecule has 0 radical (unpaired) electrons. The predicted molar refractivity (Wildman–Crippen MR) is 41.0 cm³/mol. The van der Waals surface area contributed by atoms with Crippen LogP contribution < -0.4 is 5.32 Å². The Kier molecular flexibility index (Phi) is 3.37. The summed E-state index contributed by atoms with van der Waals surface area (Å²) in [5, 5.41) is 3.44. The van der Waals surface area contributed by atoms with E-state index >= 15 is 0 Å². The van der Waals surface area contributed by atoms with E-state index in [4.69, 9.17) is 11.6 Å². The van der Waals surface area contributed by atoms with Gasteiger partial charge in [-0.15, -0.1) is 11.6 Å². The number of hydrogen-bond acceptors (Lipinski definition) is 1. The Balaban J connectivity index is 1.80. The zero-order valence-electron chi connectivity index (χ0n) is 5.70. The molecule has 1 aliphatic carbocycles. The van der Waals surface area contributed by atoms with E-state index in [9.17, 15) is 0 Å². The lowest BCUT2D eigenvalue weighted by atomic mass is 9.93. The number of rotatable bonds is 4. The summed E-state index contributed by atoms with van der Waals surface area (Å²) in [5.41, 5.74) is 0. The molecule has 0 unspecified atom stereocenters. The van der Waals surface area contributed by atoms with Crippen LogP contribution in [0.15, 0.2) is 0 Å². The van der Waals surface area contributed by atoms with Gasteiger partial charge < -0.3 is 5.32 Å². The zero-order valence-corrected chi connectivity index (χ0v) is 6.45. The molecule has 1 fully saturated rings. The highest BCUT2D eigenvalue weighted by Crippen LogP contribution is 2.17. The Morgan fingerprint density at radius 2 is 2.22 bits per heavy atom. The third kappa shape index (κ3) is 2.55. The summed E-state index contributed by atoms with van der Waals surface area (Å²) in [4.78, 5) is 0. The predicted octanol–water partition coefficient (Wildman–Crippen LogP) is 1.76. The molecule has 0 amide bonds. The van der Waals surface area contributed by atoms with Crippen molar-refractivity contribution >= 4 is 11.6 Å². The molecule has 0 spiro atoms. The van der Waals surface area contributed by atoms with E-state index in [-0.39, 0.29) is 0 Å². The monoisotopic (exact) mass is 147 g/mol. The summed E-state index contributed by atoms with van der Waals surface area (Å²) in [6.07, 6.45) is 5.28. The first-order valence-corrected chi connectivity index (χ1v) is 4.26. The van der Waals surface area contributed by atoms with Crippen molar-refractivity contribution in [2.24, 2.45) is 0 Å². The Bertz CT molecular complexity index is 71.3. The second-order valence-corrected chi connectivity index (χ2v) is 3.00. The number of halogens is 1. The molecule has 0 saturated heterocycles. The third-order valence-corrected chi connectivity index (χ3v) is 2.12. The molecule has 1 rings (SSSR count). The smallest absolute Gasteiger partial charge is 0.0235 e. The Morgan fingerprint density at radius 3 is 2.67 bits per heavy atom. The van der Waals surface area contributed by atoms with Crippen LogP contribution in [-0.2, 0) is 0 Å². The van der Waals surface area contributed by atoms with Gasteiger partial charge >= 0.3 is 0 Å². The standard InChI is InChI=1S/C7H14ClN/c8-5-2-6-9-7-3-1-4-7/h7,9H,1-6H2. The zero-order chi connectivity index (χ0) is 6.53. The second-order valence-electron chi connectivity index (χ2n) is 2.62. The highest BCUT2D eigenvalue weighted by molar-refractivity contribution is 6.17. The van der Waals surface area contributed by atoms with Gasteiger partial charge in [0.15, 0.2) is 0 Å². The van der Waals surface area contributed by atoms with Crippen LogP contribution in [0.2, 0.25) is 0 Å². The average molecular weight is 148 g/mol.